The molecule has 0 aromatic heterocycles. The van der Waals surface area contributed by atoms with E-state index in [1.165, 1.54) is 25.2 Å². The van der Waals surface area contributed by atoms with Crippen LogP contribution >= 0.6 is 0 Å². The van der Waals surface area contributed by atoms with Gasteiger partial charge in [0, 0.05) is 70.0 Å². The number of Topliss-reactive ketones (excluding diaryl/α,β-unsaturated/α-hetero) is 1. The molecule has 0 aromatic carbocycles. The van der Waals surface area contributed by atoms with Gasteiger partial charge in [-0.2, -0.15) is 5.26 Å². The summed E-state index contributed by atoms with van der Waals surface area (Å²) in [5.41, 5.74) is -1.53. The quantitative estimate of drug-likeness (QED) is 0.122. The third-order valence-electron chi connectivity index (χ3n) is 16.5. The third-order valence-corrected chi connectivity index (χ3v) is 16.5. The highest BCUT2D eigenvalue weighted by molar-refractivity contribution is 5.91. The Morgan fingerprint density at radius 1 is 0.833 bits per heavy atom. The summed E-state index contributed by atoms with van der Waals surface area (Å²) >= 11 is 0. The topological polar surface area (TPSA) is 250 Å². The van der Waals surface area contributed by atoms with Crippen molar-refractivity contribution >= 4 is 23.8 Å². The molecule has 5 fully saturated rings. The number of nitriles is 1. The zero-order valence-electron chi connectivity index (χ0n) is 49.5. The van der Waals surface area contributed by atoms with Crippen LogP contribution in [0.5, 0.6) is 0 Å². The number of methoxy groups -OCH3 is 2. The van der Waals surface area contributed by atoms with Crippen molar-refractivity contribution in [3.05, 3.63) is 11.6 Å². The van der Waals surface area contributed by atoms with Crippen LogP contribution in [0.2, 0.25) is 0 Å². The van der Waals surface area contributed by atoms with Gasteiger partial charge in [-0.05, 0) is 85.8 Å². The molecule has 5 aliphatic rings. The SMILES string of the molecule is CO[C@@H]1[C@H](O)[C@@H](C)O[C@@H](OC[C@H](C)[C@H]2OC(=O)C(C)[C@@H](O[C@H]3C[C@@H](C)N(C)C[C@H](C)O3)[C@H](C)[C@@H](OC3O[C@H](C)C/C(=C\C#N)[C@H]3O)[C@@H](C)C[C@](C)(OC(=O)N3CCO[C@@H](C)C3)C(=O)[C@H](C)[C@H](OC(=O)CC(C)C)[C@H]2C)[C@@H]1OC. The first kappa shape index (κ1) is 65.4. The Morgan fingerprint density at radius 3 is 2.14 bits per heavy atom. The standard InChI is InChI=1S/C57H95N3O18/c1-29(2)22-42(61)74-48-37(10)47(31(4)28-70-55-51(68-17)50(67-16)44(62)40(13)73-55)76-53(65)39(12)49(75-43-23-32(5)59(15)26-35(8)71-43)36(9)46(77-54-45(63)41(18-19-58)24-33(6)72-54)30(3)25-57(14,52(64)38(48)11)78-56(66)60-20-21-69-34(7)27-60/h18,29-40,43-51,54-55,62-63H,20-28H2,1-17H3/b41-18+/t30-,31-,32+,33+,34-,35-,36+,37-,38+,39?,40+,43-,44+,45+,46-,47+,48+,49-,50+,51+,54?,55+,57-/m0/s1. The number of carbonyl (C=O) groups is 4. The summed E-state index contributed by atoms with van der Waals surface area (Å²) in [4.78, 5) is 63.4. The molecule has 5 rings (SSSR count). The fourth-order valence-electron chi connectivity index (χ4n) is 12.1. The maximum Gasteiger partial charge on any atom is 0.410 e. The third kappa shape index (κ3) is 16.4. The number of esters is 2. The minimum atomic E-state index is -1.94. The van der Waals surface area contributed by atoms with Gasteiger partial charge in [0.1, 0.15) is 36.6 Å². The Hall–Kier alpha value is -3.37. The van der Waals surface area contributed by atoms with E-state index in [1.54, 1.807) is 48.5 Å². The molecule has 0 saturated carbocycles. The monoisotopic (exact) mass is 1110 g/mol. The smallest absolute Gasteiger partial charge is 0.410 e. The largest absolute Gasteiger partial charge is 0.461 e. The van der Waals surface area contributed by atoms with E-state index in [4.69, 9.17) is 56.8 Å². The zero-order valence-corrected chi connectivity index (χ0v) is 49.5. The number of aliphatic hydroxyl groups excluding tert-OH is 2. The van der Waals surface area contributed by atoms with Crippen LogP contribution < -0.4 is 0 Å². The number of morpholine rings is 1. The molecular formula is C57H95N3O18. The summed E-state index contributed by atoms with van der Waals surface area (Å²) in [5.74, 6) is -7.36. The predicted molar refractivity (Wildman–Crippen MR) is 283 cm³/mol. The average molecular weight is 1110 g/mol. The maximum absolute atomic E-state index is 15.9. The van der Waals surface area contributed by atoms with Gasteiger partial charge in [-0.3, -0.25) is 14.4 Å². The van der Waals surface area contributed by atoms with E-state index in [0.29, 0.717) is 18.5 Å². The van der Waals surface area contributed by atoms with Gasteiger partial charge < -0.3 is 76.9 Å². The molecule has 2 N–H and O–H groups in total. The van der Waals surface area contributed by atoms with E-state index in [1.807, 2.05) is 54.7 Å². The fourth-order valence-corrected chi connectivity index (χ4v) is 12.1. The summed E-state index contributed by atoms with van der Waals surface area (Å²) in [6.45, 7) is 26.4. The van der Waals surface area contributed by atoms with Gasteiger partial charge >= 0.3 is 18.0 Å². The number of nitrogens with zero attached hydrogens (tertiary/aromatic N) is 3. The Morgan fingerprint density at radius 2 is 1.51 bits per heavy atom. The van der Waals surface area contributed by atoms with Gasteiger partial charge in [0.25, 0.3) is 0 Å². The van der Waals surface area contributed by atoms with Crippen LogP contribution in [0.25, 0.3) is 0 Å². The molecule has 2 unspecified atom stereocenters. The lowest BCUT2D eigenvalue weighted by molar-refractivity contribution is -0.305. The van der Waals surface area contributed by atoms with Crippen LogP contribution in [0.1, 0.15) is 123 Å². The summed E-state index contributed by atoms with van der Waals surface area (Å²) in [5, 5.41) is 32.5. The first-order valence-electron chi connectivity index (χ1n) is 28.3. The number of amides is 1. The van der Waals surface area contributed by atoms with Gasteiger partial charge in [0.15, 0.2) is 30.3 Å². The van der Waals surface area contributed by atoms with Crippen molar-refractivity contribution < 1.29 is 86.2 Å². The minimum absolute atomic E-state index is 0.00939. The van der Waals surface area contributed by atoms with Crippen LogP contribution in [0.15, 0.2) is 11.6 Å². The Labute approximate surface area is 463 Å². The van der Waals surface area contributed by atoms with E-state index in [2.05, 4.69) is 11.8 Å². The lowest BCUT2D eigenvalue weighted by Crippen LogP contribution is -2.59. The Bertz CT molecular complexity index is 2040. The molecule has 21 heteroatoms. The lowest BCUT2D eigenvalue weighted by atomic mass is 9.74. The fraction of sp³-hybridized carbons (Fsp3) is 0.877. The van der Waals surface area contributed by atoms with Gasteiger partial charge in [0.2, 0.25) is 0 Å². The molecule has 0 aromatic rings. The second-order valence-electron chi connectivity index (χ2n) is 23.8. The zero-order chi connectivity index (χ0) is 58.1. The lowest BCUT2D eigenvalue weighted by Gasteiger charge is -2.45. The van der Waals surface area contributed by atoms with Crippen LogP contribution in [0.4, 0.5) is 4.79 Å². The van der Waals surface area contributed by atoms with Gasteiger partial charge in [-0.15, -0.1) is 0 Å². The molecule has 1 amide bonds. The van der Waals surface area contributed by atoms with Crippen LogP contribution in [0, 0.1) is 52.8 Å². The summed E-state index contributed by atoms with van der Waals surface area (Å²) in [6, 6.07) is 2.03. The number of hydrogen-bond donors (Lipinski definition) is 2. The summed E-state index contributed by atoms with van der Waals surface area (Å²) in [7, 11) is 4.92. The minimum Gasteiger partial charge on any atom is -0.461 e. The van der Waals surface area contributed by atoms with Gasteiger partial charge in [0.05, 0.1) is 74.3 Å². The highest BCUT2D eigenvalue weighted by Gasteiger charge is 2.53. The molecule has 23 atom stereocenters. The van der Waals surface area contributed by atoms with Gasteiger partial charge in [-0.1, -0.05) is 48.5 Å². The van der Waals surface area contributed by atoms with E-state index in [0.717, 1.165) is 0 Å². The molecule has 5 saturated heterocycles. The number of rotatable bonds is 14. The number of aliphatic hydroxyl groups is 2. The van der Waals surface area contributed by atoms with Crippen molar-refractivity contribution in [3.63, 3.8) is 0 Å². The summed E-state index contributed by atoms with van der Waals surface area (Å²) < 4.78 is 76.3. The number of hydrogen-bond acceptors (Lipinski definition) is 20. The molecule has 5 aliphatic heterocycles. The maximum atomic E-state index is 15.9. The van der Waals surface area contributed by atoms with Crippen LogP contribution in [-0.2, 0) is 71.2 Å². The average Bonchev–Trinajstić information content (AvgIpc) is 3.56. The van der Waals surface area contributed by atoms with Crippen molar-refractivity contribution in [2.75, 3.05) is 54.1 Å². The molecule has 0 radical (unpaired) electrons. The van der Waals surface area contributed by atoms with E-state index in [9.17, 15) is 25.1 Å². The van der Waals surface area contributed by atoms with Crippen molar-refractivity contribution in [1.29, 1.82) is 5.26 Å². The van der Waals surface area contributed by atoms with Crippen LogP contribution in [-0.4, -0.2) is 202 Å². The van der Waals surface area contributed by atoms with E-state index < -0.39 is 145 Å². The molecule has 21 nitrogen and oxygen atoms in total. The van der Waals surface area contributed by atoms with Crippen molar-refractivity contribution in [1.82, 2.24) is 9.80 Å². The Kier molecular flexibility index (Phi) is 24.4. The molecule has 0 aliphatic carbocycles. The highest BCUT2D eigenvalue weighted by atomic mass is 16.7. The molecule has 78 heavy (non-hydrogen) atoms. The number of ether oxygens (including phenoxy) is 12. The number of allylic oxidation sites excluding steroid dienone is 1. The second kappa shape index (κ2) is 29.0. The second-order valence-corrected chi connectivity index (χ2v) is 23.8. The van der Waals surface area contributed by atoms with Crippen molar-refractivity contribution in [2.45, 2.75) is 226 Å². The molecule has 5 heterocycles. The van der Waals surface area contributed by atoms with Gasteiger partial charge in [-0.25, -0.2) is 4.79 Å². The molecule has 446 valence electrons. The first-order valence-corrected chi connectivity index (χ1v) is 28.3. The number of carbonyl (C=O) groups excluding carboxylic acids is 4. The molecule has 0 spiro atoms. The molecule has 0 bridgehead atoms. The Balaban J connectivity index is 1.71. The van der Waals surface area contributed by atoms with Crippen LogP contribution in [0.3, 0.4) is 0 Å². The summed E-state index contributed by atoms with van der Waals surface area (Å²) in [6.07, 6.45) is -12.4. The number of ketones is 1. The number of cyclic esters (lactones) is 1. The van der Waals surface area contributed by atoms with Crippen molar-refractivity contribution in [3.8, 4) is 6.07 Å². The highest BCUT2D eigenvalue weighted by Crippen LogP contribution is 2.41. The van der Waals surface area contributed by atoms with Crippen molar-refractivity contribution in [2.24, 2.45) is 41.4 Å². The normalized spacial score (nSPS) is 42.0. The first-order chi connectivity index (χ1) is 36.6. The van der Waals surface area contributed by atoms with E-state index >= 15 is 9.59 Å². The van der Waals surface area contributed by atoms with E-state index in [-0.39, 0.29) is 69.7 Å². The molecular weight excluding hydrogens is 1010 g/mol. The predicted octanol–water partition coefficient (Wildman–Crippen LogP) is 5.59. The number of likely N-dealkylation sites (N-methyl/N-ethyl adjacent to an activating group) is 1.